The number of methoxy groups -OCH3 is 1. The van der Waals surface area contributed by atoms with Crippen LogP contribution in [0.25, 0.3) is 22.2 Å². The molecule has 0 aliphatic heterocycles. The minimum absolute atomic E-state index is 0.908. The Morgan fingerprint density at radius 1 is 1.21 bits per heavy atom. The average Bonchev–Trinajstić information content (AvgIpc) is 2.93. The zero-order valence-electron chi connectivity index (χ0n) is 10.5. The smallest absolute Gasteiger partial charge is 0.142 e. The molecule has 1 N–H and O–H groups in total. The Bertz CT molecular complexity index is 804. The number of hydrogen-bond acceptors (Lipinski definition) is 1. The number of aromatic amines is 1. The molecule has 2 aromatic carbocycles. The van der Waals surface area contributed by atoms with Crippen LogP contribution in [0.2, 0.25) is 0 Å². The Kier molecular flexibility index (Phi) is 2.27. The topological polar surface area (TPSA) is 25.0 Å². The van der Waals surface area contributed by atoms with E-state index in [1.165, 1.54) is 27.8 Å². The number of fused-ring (bicyclic) bond motifs is 5. The van der Waals surface area contributed by atoms with Crippen molar-refractivity contribution in [3.63, 3.8) is 0 Å². The molecule has 1 aliphatic carbocycles. The number of H-pyrrole nitrogens is 1. The normalized spacial score (nSPS) is 12.5. The monoisotopic (exact) mass is 313 g/mol. The number of hydrogen-bond donors (Lipinski definition) is 1. The number of benzene rings is 2. The van der Waals surface area contributed by atoms with Gasteiger partial charge in [-0.2, -0.15) is 0 Å². The molecule has 0 bridgehead atoms. The van der Waals surface area contributed by atoms with Gasteiger partial charge in [-0.15, -0.1) is 0 Å². The first-order valence-corrected chi connectivity index (χ1v) is 7.03. The van der Waals surface area contributed by atoms with Crippen molar-refractivity contribution in [2.75, 3.05) is 7.11 Å². The van der Waals surface area contributed by atoms with E-state index in [0.717, 1.165) is 22.2 Å². The van der Waals surface area contributed by atoms with Crippen molar-refractivity contribution in [3.8, 4) is 17.0 Å². The highest BCUT2D eigenvalue weighted by Crippen LogP contribution is 2.43. The predicted molar refractivity (Wildman–Crippen MR) is 80.8 cm³/mol. The molecule has 3 heteroatoms. The van der Waals surface area contributed by atoms with Crippen LogP contribution in [-0.2, 0) is 6.42 Å². The minimum atomic E-state index is 0.908. The van der Waals surface area contributed by atoms with Gasteiger partial charge in [0.2, 0.25) is 0 Å². The number of halogens is 1. The van der Waals surface area contributed by atoms with Gasteiger partial charge in [0.25, 0.3) is 0 Å². The molecule has 1 heterocycles. The van der Waals surface area contributed by atoms with E-state index in [9.17, 15) is 0 Å². The van der Waals surface area contributed by atoms with Crippen LogP contribution in [0.4, 0.5) is 0 Å². The first-order chi connectivity index (χ1) is 9.28. The molecule has 0 saturated carbocycles. The lowest BCUT2D eigenvalue weighted by atomic mass is 10.1. The van der Waals surface area contributed by atoms with Gasteiger partial charge in [0.05, 0.1) is 18.3 Å². The second-order valence-corrected chi connectivity index (χ2v) is 5.76. The lowest BCUT2D eigenvalue weighted by Gasteiger charge is -2.03. The summed E-state index contributed by atoms with van der Waals surface area (Å²) in [4.78, 5) is 3.53. The van der Waals surface area contributed by atoms with Crippen LogP contribution in [0, 0.1) is 0 Å². The Hall–Kier alpha value is -1.74. The summed E-state index contributed by atoms with van der Waals surface area (Å²) < 4.78 is 6.57. The summed E-state index contributed by atoms with van der Waals surface area (Å²) >= 11 is 3.54. The van der Waals surface area contributed by atoms with E-state index >= 15 is 0 Å². The van der Waals surface area contributed by atoms with Crippen molar-refractivity contribution >= 4 is 26.8 Å². The van der Waals surface area contributed by atoms with Crippen LogP contribution in [0.15, 0.2) is 40.9 Å². The average molecular weight is 314 g/mol. The fraction of sp³-hybridized carbons (Fsp3) is 0.125. The lowest BCUT2D eigenvalue weighted by molar-refractivity contribution is 0.419. The fourth-order valence-electron chi connectivity index (χ4n) is 2.97. The van der Waals surface area contributed by atoms with Crippen LogP contribution in [-0.4, -0.2) is 12.1 Å². The van der Waals surface area contributed by atoms with Crippen molar-refractivity contribution in [2.45, 2.75) is 6.42 Å². The third kappa shape index (κ3) is 1.48. The first-order valence-electron chi connectivity index (χ1n) is 6.24. The van der Waals surface area contributed by atoms with E-state index in [2.05, 4.69) is 45.2 Å². The summed E-state index contributed by atoms with van der Waals surface area (Å²) in [7, 11) is 1.71. The molecule has 0 saturated heterocycles. The highest BCUT2D eigenvalue weighted by atomic mass is 79.9. The third-order valence-corrected chi connectivity index (χ3v) is 4.32. The van der Waals surface area contributed by atoms with E-state index in [0.29, 0.717) is 0 Å². The molecule has 4 rings (SSSR count). The fourth-order valence-corrected chi connectivity index (χ4v) is 3.38. The molecule has 3 aromatic rings. The van der Waals surface area contributed by atoms with E-state index in [1.807, 2.05) is 12.1 Å². The van der Waals surface area contributed by atoms with Gasteiger partial charge in [0.15, 0.2) is 0 Å². The van der Waals surface area contributed by atoms with Crippen LogP contribution >= 0.6 is 15.9 Å². The number of nitrogens with one attached hydrogen (secondary N) is 1. The summed E-state index contributed by atoms with van der Waals surface area (Å²) in [6.45, 7) is 0. The van der Waals surface area contributed by atoms with Crippen molar-refractivity contribution in [3.05, 3.63) is 52.0 Å². The summed E-state index contributed by atoms with van der Waals surface area (Å²) in [5, 5.41) is 1.27. The molecule has 94 valence electrons. The van der Waals surface area contributed by atoms with Crippen LogP contribution in [0.5, 0.6) is 5.75 Å². The van der Waals surface area contributed by atoms with Crippen LogP contribution in [0.1, 0.15) is 11.1 Å². The predicted octanol–water partition coefficient (Wildman–Crippen LogP) is 4.51. The van der Waals surface area contributed by atoms with Gasteiger partial charge in [-0.3, -0.25) is 0 Å². The van der Waals surface area contributed by atoms with Gasteiger partial charge in [-0.05, 0) is 29.3 Å². The molecule has 1 aliphatic rings. The van der Waals surface area contributed by atoms with E-state index in [4.69, 9.17) is 4.74 Å². The Morgan fingerprint density at radius 2 is 2.11 bits per heavy atom. The maximum absolute atomic E-state index is 5.43. The van der Waals surface area contributed by atoms with Gasteiger partial charge in [-0.25, -0.2) is 0 Å². The molecule has 1 aromatic heterocycles. The van der Waals surface area contributed by atoms with Crippen molar-refractivity contribution < 1.29 is 4.74 Å². The molecule has 0 fully saturated rings. The molecule has 19 heavy (non-hydrogen) atoms. The zero-order valence-corrected chi connectivity index (χ0v) is 12.0. The summed E-state index contributed by atoms with van der Waals surface area (Å²) in [5.74, 6) is 0.908. The third-order valence-electron chi connectivity index (χ3n) is 3.83. The zero-order chi connectivity index (χ0) is 13.0. The SMILES string of the molecule is COc1cccc2c3c([nH]c12)-c1ccc(Br)cc1C3. The van der Waals surface area contributed by atoms with Crippen molar-refractivity contribution in [2.24, 2.45) is 0 Å². The van der Waals surface area contributed by atoms with Crippen molar-refractivity contribution in [1.82, 2.24) is 4.98 Å². The molecule has 0 atom stereocenters. The molecular weight excluding hydrogens is 302 g/mol. The number of para-hydroxylation sites is 1. The van der Waals surface area contributed by atoms with Crippen LogP contribution in [0.3, 0.4) is 0 Å². The summed E-state index contributed by atoms with van der Waals surface area (Å²) in [6.07, 6.45) is 0.983. The van der Waals surface area contributed by atoms with Gasteiger partial charge < -0.3 is 9.72 Å². The molecule has 2 nitrogen and oxygen atoms in total. The Labute approximate surface area is 119 Å². The number of rotatable bonds is 1. The number of aromatic nitrogens is 1. The maximum Gasteiger partial charge on any atom is 0.142 e. The molecular formula is C16H12BrNO. The Balaban J connectivity index is 2.03. The molecule has 0 unspecified atom stereocenters. The van der Waals surface area contributed by atoms with Crippen LogP contribution < -0.4 is 4.74 Å². The highest BCUT2D eigenvalue weighted by Gasteiger charge is 2.24. The number of ether oxygens (including phenoxy) is 1. The second-order valence-electron chi connectivity index (χ2n) is 4.84. The van der Waals surface area contributed by atoms with E-state index in [1.54, 1.807) is 7.11 Å². The summed E-state index contributed by atoms with van der Waals surface area (Å²) in [5.41, 5.74) is 6.39. The van der Waals surface area contributed by atoms with Gasteiger partial charge in [0.1, 0.15) is 5.75 Å². The Morgan fingerprint density at radius 3 is 2.95 bits per heavy atom. The van der Waals surface area contributed by atoms with Gasteiger partial charge >= 0.3 is 0 Å². The minimum Gasteiger partial charge on any atom is -0.495 e. The molecule has 0 amide bonds. The van der Waals surface area contributed by atoms with E-state index < -0.39 is 0 Å². The quantitative estimate of drug-likeness (QED) is 0.549. The first kappa shape index (κ1) is 11.1. The highest BCUT2D eigenvalue weighted by molar-refractivity contribution is 9.10. The van der Waals surface area contributed by atoms with Crippen molar-refractivity contribution in [1.29, 1.82) is 0 Å². The summed E-state index contributed by atoms with van der Waals surface area (Å²) in [6, 6.07) is 12.7. The maximum atomic E-state index is 5.43. The standard InChI is InChI=1S/C16H12BrNO/c1-19-14-4-2-3-12-13-8-9-7-10(17)5-6-11(9)15(13)18-16(12)14/h2-7,18H,8H2,1H3. The van der Waals surface area contributed by atoms with E-state index in [-0.39, 0.29) is 0 Å². The largest absolute Gasteiger partial charge is 0.495 e. The lowest BCUT2D eigenvalue weighted by Crippen LogP contribution is -1.86. The molecule has 0 spiro atoms. The van der Waals surface area contributed by atoms with Gasteiger partial charge in [-0.1, -0.05) is 34.1 Å². The molecule has 0 radical (unpaired) electrons. The van der Waals surface area contributed by atoms with Gasteiger partial charge in [0, 0.05) is 21.8 Å². The second kappa shape index (κ2) is 3.87.